The minimum atomic E-state index is -2.43. The van der Waals surface area contributed by atoms with Crippen LogP contribution in [0.5, 0.6) is 0 Å². The monoisotopic (exact) mass is 490 g/mol. The van der Waals surface area contributed by atoms with Gasteiger partial charge in [-0.15, -0.1) is 11.3 Å². The van der Waals surface area contributed by atoms with E-state index in [0.29, 0.717) is 32.4 Å². The summed E-state index contributed by atoms with van der Waals surface area (Å²) in [6, 6.07) is 5.51. The van der Waals surface area contributed by atoms with Gasteiger partial charge in [-0.3, -0.25) is 14.2 Å². The predicted octanol–water partition coefficient (Wildman–Crippen LogP) is 2.41. The summed E-state index contributed by atoms with van der Waals surface area (Å²) in [4.78, 5) is 18.6. The molecule has 10 heteroatoms. The Morgan fingerprint density at radius 2 is 2.15 bits per heavy atom. The summed E-state index contributed by atoms with van der Waals surface area (Å²) < 4.78 is 37.8. The van der Waals surface area contributed by atoms with Crippen LogP contribution >= 0.6 is 11.3 Å². The Hall–Kier alpha value is -2.34. The Kier molecular flexibility index (Phi) is 8.22. The number of carbonyl (C=O) groups excluding carboxylic acids is 1. The number of fused-ring (bicyclic) bond motifs is 1. The Bertz CT molecular complexity index is 1170. The minimum Gasteiger partial charge on any atom is -0.772 e. The molecule has 0 bridgehead atoms. The maximum Gasteiger partial charge on any atom is 0.250 e. The number of aromatic nitrogens is 1. The number of hydrogen-bond acceptors (Lipinski definition) is 7. The summed E-state index contributed by atoms with van der Waals surface area (Å²) in [5.74, 6) is 9.85. The number of likely N-dealkylation sites (tertiary alicyclic amines) is 1. The van der Waals surface area contributed by atoms with Crippen molar-refractivity contribution in [1.29, 1.82) is 0 Å². The molecule has 1 aromatic carbocycles. The summed E-state index contributed by atoms with van der Waals surface area (Å²) >= 11 is -1.01. The number of nitrogens with zero attached hydrogens (tertiary/aromatic N) is 2. The van der Waals surface area contributed by atoms with E-state index in [-0.39, 0.29) is 6.42 Å². The van der Waals surface area contributed by atoms with Crippen LogP contribution in [0.2, 0.25) is 0 Å². The van der Waals surface area contributed by atoms with E-state index in [1.807, 2.05) is 25.2 Å². The molecule has 3 rings (SSSR count). The van der Waals surface area contributed by atoms with Crippen LogP contribution in [0.25, 0.3) is 10.2 Å². The molecule has 176 valence electrons. The number of thiazole rings is 1. The summed E-state index contributed by atoms with van der Waals surface area (Å²) in [6.45, 7) is 2.85. The summed E-state index contributed by atoms with van der Waals surface area (Å²) in [7, 11) is 1.97. The number of hydrogen-bond donors (Lipinski definition) is 2. The van der Waals surface area contributed by atoms with Gasteiger partial charge in [-0.25, -0.2) is 14.9 Å². The van der Waals surface area contributed by atoms with Crippen molar-refractivity contribution in [2.24, 2.45) is 5.41 Å². The highest BCUT2D eigenvalue weighted by Gasteiger charge is 2.33. The molecule has 2 aromatic rings. The Morgan fingerprint density at radius 3 is 2.82 bits per heavy atom. The Balaban J connectivity index is 1.69. The number of hydroxylamine groups is 1. The van der Waals surface area contributed by atoms with Crippen molar-refractivity contribution in [3.8, 4) is 23.7 Å². The molecule has 1 unspecified atom stereocenters. The molecule has 33 heavy (non-hydrogen) atoms. The van der Waals surface area contributed by atoms with Gasteiger partial charge in [-0.2, -0.15) is 0 Å². The molecule has 2 atom stereocenters. The molecule has 0 aliphatic carbocycles. The van der Waals surface area contributed by atoms with Crippen LogP contribution in [0.3, 0.4) is 0 Å². The Morgan fingerprint density at radius 1 is 1.42 bits per heavy atom. The SMILES string of the molecule is CN1CCC(F)(C#CC#Cc2ccc3nc(CC[C@@](C)(CS(=O)[O-])C(=O)NO)sc3c2)CC1. The average Bonchev–Trinajstić information content (AvgIpc) is 3.19. The van der Waals surface area contributed by atoms with Gasteiger partial charge in [0.1, 0.15) is 0 Å². The van der Waals surface area contributed by atoms with E-state index >= 15 is 0 Å². The van der Waals surface area contributed by atoms with E-state index < -0.39 is 33.8 Å². The Labute approximate surface area is 199 Å². The first-order valence-electron chi connectivity index (χ1n) is 10.4. The van der Waals surface area contributed by atoms with Crippen LogP contribution in [0, 0.1) is 29.1 Å². The fourth-order valence-electron chi connectivity index (χ4n) is 3.53. The van der Waals surface area contributed by atoms with Gasteiger partial charge in [0.25, 0.3) is 0 Å². The zero-order valence-electron chi connectivity index (χ0n) is 18.4. The molecule has 1 aliphatic rings. The summed E-state index contributed by atoms with van der Waals surface area (Å²) in [5, 5.41) is 9.70. The van der Waals surface area contributed by atoms with Crippen molar-refractivity contribution in [3.05, 3.63) is 28.8 Å². The van der Waals surface area contributed by atoms with Gasteiger partial charge in [-0.1, -0.05) is 17.0 Å². The number of rotatable bonds is 6. The van der Waals surface area contributed by atoms with E-state index in [4.69, 9.17) is 5.21 Å². The van der Waals surface area contributed by atoms with Crippen LogP contribution in [-0.4, -0.2) is 61.3 Å². The molecule has 1 aromatic heterocycles. The second-order valence-electron chi connectivity index (χ2n) is 8.51. The number of amides is 1. The molecule has 0 radical (unpaired) electrons. The van der Waals surface area contributed by atoms with Crippen molar-refractivity contribution in [2.75, 3.05) is 25.9 Å². The lowest BCUT2D eigenvalue weighted by atomic mass is 9.87. The lowest BCUT2D eigenvalue weighted by Gasteiger charge is -2.30. The number of aryl methyl sites for hydroxylation is 1. The molecule has 1 fully saturated rings. The smallest absolute Gasteiger partial charge is 0.250 e. The van der Waals surface area contributed by atoms with Crippen molar-refractivity contribution in [2.45, 2.75) is 38.3 Å². The molecule has 1 aliphatic heterocycles. The summed E-state index contributed by atoms with van der Waals surface area (Å²) in [5.41, 5.74) is 0.304. The van der Waals surface area contributed by atoms with Crippen molar-refractivity contribution < 1.29 is 23.2 Å². The number of nitrogens with one attached hydrogen (secondary N) is 1. The lowest BCUT2D eigenvalue weighted by Crippen LogP contribution is -2.41. The fourth-order valence-corrected chi connectivity index (χ4v) is 5.33. The van der Waals surface area contributed by atoms with Gasteiger partial charge in [0.05, 0.1) is 20.6 Å². The average molecular weight is 491 g/mol. The molecule has 2 heterocycles. The molecule has 1 saturated heterocycles. The second-order valence-corrected chi connectivity index (χ2v) is 10.5. The maximum absolute atomic E-state index is 14.6. The first-order chi connectivity index (χ1) is 15.6. The quantitative estimate of drug-likeness (QED) is 0.279. The van der Waals surface area contributed by atoms with Crippen molar-refractivity contribution in [3.63, 3.8) is 0 Å². The molecule has 2 N–H and O–H groups in total. The third kappa shape index (κ3) is 6.83. The van der Waals surface area contributed by atoms with Gasteiger partial charge < -0.3 is 9.45 Å². The van der Waals surface area contributed by atoms with E-state index in [0.717, 1.165) is 20.8 Å². The number of carbonyl (C=O) groups is 1. The zero-order valence-corrected chi connectivity index (χ0v) is 20.1. The van der Waals surface area contributed by atoms with Crippen LogP contribution in [0.1, 0.15) is 36.8 Å². The van der Waals surface area contributed by atoms with Crippen molar-refractivity contribution in [1.82, 2.24) is 15.4 Å². The van der Waals surface area contributed by atoms with E-state index in [2.05, 4.69) is 33.6 Å². The molecule has 0 saturated carbocycles. The van der Waals surface area contributed by atoms with Gasteiger partial charge in [0.2, 0.25) is 5.91 Å². The molecular formula is C23H25FN3O4S2-. The second kappa shape index (κ2) is 10.7. The highest BCUT2D eigenvalue weighted by molar-refractivity contribution is 7.79. The number of halogens is 1. The van der Waals surface area contributed by atoms with E-state index in [1.165, 1.54) is 18.3 Å². The predicted molar refractivity (Wildman–Crippen MR) is 125 cm³/mol. The summed E-state index contributed by atoms with van der Waals surface area (Å²) in [6.07, 6.45) is 1.35. The standard InChI is InChI=1S/C23H26FN3O4S2/c1-22(16-33(30)31,21(28)26-29)10-8-20-25-18-7-6-17(15-19(18)32-20)5-3-4-9-23(24)11-13-27(2)14-12-23/h6-7,15,29H,8,10-14,16H2,1-2H3,(H,26,28)(H,30,31)/p-1/t22-/m0/s1. The van der Waals surface area contributed by atoms with Gasteiger partial charge in [-0.05, 0) is 56.4 Å². The van der Waals surface area contributed by atoms with E-state index in [9.17, 15) is 17.9 Å². The van der Waals surface area contributed by atoms with E-state index in [1.54, 1.807) is 5.48 Å². The normalized spacial score (nSPS) is 18.3. The first kappa shape index (κ1) is 25.3. The topological polar surface area (TPSA) is 106 Å². The van der Waals surface area contributed by atoms with Crippen molar-refractivity contribution >= 4 is 38.5 Å². The molecule has 0 spiro atoms. The van der Waals surface area contributed by atoms with Crippen LogP contribution in [0.15, 0.2) is 18.2 Å². The first-order valence-corrected chi connectivity index (χ1v) is 12.5. The van der Waals surface area contributed by atoms with Crippen LogP contribution in [0.4, 0.5) is 4.39 Å². The van der Waals surface area contributed by atoms with Gasteiger partial charge >= 0.3 is 0 Å². The highest BCUT2D eigenvalue weighted by atomic mass is 32.2. The van der Waals surface area contributed by atoms with Gasteiger partial charge in [0, 0.05) is 43.7 Å². The molecule has 7 nitrogen and oxygen atoms in total. The largest absolute Gasteiger partial charge is 0.772 e. The minimum absolute atomic E-state index is 0.205. The fraction of sp³-hybridized carbons (Fsp3) is 0.478. The maximum atomic E-state index is 14.6. The number of benzene rings is 1. The molecule has 1 amide bonds. The highest BCUT2D eigenvalue weighted by Crippen LogP contribution is 2.29. The number of alkyl halides is 1. The van der Waals surface area contributed by atoms with Crippen LogP contribution in [-0.2, 0) is 22.3 Å². The molecular weight excluding hydrogens is 465 g/mol. The third-order valence-electron chi connectivity index (χ3n) is 5.74. The van der Waals surface area contributed by atoms with Crippen LogP contribution < -0.4 is 5.48 Å². The number of piperidine rings is 1. The van der Waals surface area contributed by atoms with Gasteiger partial charge in [0.15, 0.2) is 5.67 Å². The zero-order chi connectivity index (χ0) is 24.1. The lowest BCUT2D eigenvalue weighted by molar-refractivity contribution is -0.138. The third-order valence-corrected chi connectivity index (χ3v) is 7.70.